The van der Waals surface area contributed by atoms with E-state index in [1.165, 1.54) is 0 Å². The summed E-state index contributed by atoms with van der Waals surface area (Å²) < 4.78 is 5.27. The normalized spacial score (nSPS) is 33.3. The van der Waals surface area contributed by atoms with Gasteiger partial charge in [-0.05, 0) is 32.1 Å². The first kappa shape index (κ1) is 12.4. The number of hydrogen-bond donors (Lipinski definition) is 2. The lowest BCUT2D eigenvalue weighted by molar-refractivity contribution is -0.141. The third kappa shape index (κ3) is 3.19. The molecule has 5 nitrogen and oxygen atoms in total. The molecule has 1 heterocycles. The number of nitrogens with one attached hydrogen (secondary N) is 1. The van der Waals surface area contributed by atoms with Crippen molar-refractivity contribution in [3.63, 3.8) is 0 Å². The van der Waals surface area contributed by atoms with Crippen LogP contribution in [0.1, 0.15) is 32.1 Å². The summed E-state index contributed by atoms with van der Waals surface area (Å²) in [6, 6.07) is 0.0329. The van der Waals surface area contributed by atoms with Crippen molar-refractivity contribution in [3.8, 4) is 0 Å². The van der Waals surface area contributed by atoms with Crippen LogP contribution in [0.2, 0.25) is 0 Å². The predicted molar refractivity (Wildman–Crippen MR) is 60.5 cm³/mol. The Morgan fingerprint density at radius 1 is 1.18 bits per heavy atom. The monoisotopic (exact) mass is 241 g/mol. The van der Waals surface area contributed by atoms with Crippen LogP contribution in [0.3, 0.4) is 0 Å². The lowest BCUT2D eigenvalue weighted by Crippen LogP contribution is -2.40. The van der Waals surface area contributed by atoms with Crippen LogP contribution in [-0.4, -0.2) is 36.2 Å². The van der Waals surface area contributed by atoms with Crippen molar-refractivity contribution in [2.24, 2.45) is 11.8 Å². The third-order valence-electron chi connectivity index (χ3n) is 3.66. The molecule has 0 bridgehead atoms. The van der Waals surface area contributed by atoms with Gasteiger partial charge in [0.15, 0.2) is 0 Å². The summed E-state index contributed by atoms with van der Waals surface area (Å²) in [7, 11) is 0. The fraction of sp³-hybridized carbons (Fsp3) is 0.833. The fourth-order valence-corrected chi connectivity index (χ4v) is 2.60. The molecule has 2 fully saturated rings. The van der Waals surface area contributed by atoms with Crippen molar-refractivity contribution < 1.29 is 19.4 Å². The Hall–Kier alpha value is -1.10. The second-order valence-electron chi connectivity index (χ2n) is 4.97. The minimum Gasteiger partial charge on any atom is -0.481 e. The van der Waals surface area contributed by atoms with Gasteiger partial charge in [-0.15, -0.1) is 0 Å². The number of carbonyl (C=O) groups excluding carboxylic acids is 1. The van der Waals surface area contributed by atoms with Crippen LogP contribution in [0, 0.1) is 11.8 Å². The second-order valence-corrected chi connectivity index (χ2v) is 4.97. The van der Waals surface area contributed by atoms with Crippen molar-refractivity contribution in [2.45, 2.75) is 38.1 Å². The molecule has 2 aliphatic rings. The summed E-state index contributed by atoms with van der Waals surface area (Å²) in [5, 5.41) is 11.8. The molecule has 5 heteroatoms. The Kier molecular flexibility index (Phi) is 3.99. The first-order chi connectivity index (χ1) is 8.16. The van der Waals surface area contributed by atoms with Gasteiger partial charge in [0.05, 0.1) is 18.4 Å². The highest BCUT2D eigenvalue weighted by molar-refractivity contribution is 5.79. The van der Waals surface area contributed by atoms with Crippen molar-refractivity contribution in [1.82, 2.24) is 5.32 Å². The van der Waals surface area contributed by atoms with Gasteiger partial charge in [0.2, 0.25) is 5.91 Å². The smallest absolute Gasteiger partial charge is 0.306 e. The highest BCUT2D eigenvalue weighted by atomic mass is 16.5. The van der Waals surface area contributed by atoms with Crippen molar-refractivity contribution >= 4 is 11.9 Å². The van der Waals surface area contributed by atoms with Crippen molar-refractivity contribution in [2.75, 3.05) is 13.2 Å². The number of aliphatic carboxylic acids is 1. The van der Waals surface area contributed by atoms with Crippen LogP contribution in [-0.2, 0) is 14.3 Å². The topological polar surface area (TPSA) is 75.6 Å². The molecule has 17 heavy (non-hydrogen) atoms. The molecule has 0 spiro atoms. The minimum absolute atomic E-state index is 0.0285. The number of carboxylic acid groups (broad SMARTS) is 1. The third-order valence-corrected chi connectivity index (χ3v) is 3.66. The summed E-state index contributed by atoms with van der Waals surface area (Å²) in [6.45, 7) is 1.25. The molecule has 2 N–H and O–H groups in total. The van der Waals surface area contributed by atoms with E-state index in [2.05, 4.69) is 5.32 Å². The van der Waals surface area contributed by atoms with Gasteiger partial charge in [-0.25, -0.2) is 0 Å². The number of ether oxygens (including phenoxy) is 1. The zero-order chi connectivity index (χ0) is 12.3. The maximum Gasteiger partial charge on any atom is 0.306 e. The molecular formula is C12H19NO4. The predicted octanol–water partition coefficient (Wildman–Crippen LogP) is 0.782. The van der Waals surface area contributed by atoms with Gasteiger partial charge in [0.25, 0.3) is 0 Å². The summed E-state index contributed by atoms with van der Waals surface area (Å²) in [4.78, 5) is 22.7. The number of amides is 1. The largest absolute Gasteiger partial charge is 0.481 e. The van der Waals surface area contributed by atoms with E-state index in [4.69, 9.17) is 9.84 Å². The zero-order valence-corrected chi connectivity index (χ0v) is 9.85. The first-order valence-corrected chi connectivity index (χ1v) is 6.27. The van der Waals surface area contributed by atoms with Crippen LogP contribution >= 0.6 is 0 Å². The molecule has 0 aromatic heterocycles. The Morgan fingerprint density at radius 2 is 2.00 bits per heavy atom. The standard InChI is InChI=1S/C12H19NO4/c14-11(9-2-1-5-17-7-9)13-10-4-3-8(6-10)12(15)16/h8-10H,1-7H2,(H,13,14)(H,15,16). The fourth-order valence-electron chi connectivity index (χ4n) is 2.60. The molecule has 1 saturated carbocycles. The second kappa shape index (κ2) is 5.49. The van der Waals surface area contributed by atoms with Crippen LogP contribution in [0.5, 0.6) is 0 Å². The summed E-state index contributed by atoms with van der Waals surface area (Å²) in [5.41, 5.74) is 0. The van der Waals surface area contributed by atoms with Gasteiger partial charge in [-0.1, -0.05) is 0 Å². The molecule has 1 aliphatic carbocycles. The molecule has 2 rings (SSSR count). The van der Waals surface area contributed by atoms with Crippen molar-refractivity contribution in [1.29, 1.82) is 0 Å². The molecule has 0 aromatic carbocycles. The van der Waals surface area contributed by atoms with E-state index in [0.29, 0.717) is 19.4 Å². The molecule has 0 radical (unpaired) electrons. The molecule has 96 valence electrons. The average molecular weight is 241 g/mol. The van der Waals surface area contributed by atoms with Crippen LogP contribution in [0.4, 0.5) is 0 Å². The highest BCUT2D eigenvalue weighted by Crippen LogP contribution is 2.26. The van der Waals surface area contributed by atoms with Crippen LogP contribution in [0.25, 0.3) is 0 Å². The Labute approximate surface area is 101 Å². The highest BCUT2D eigenvalue weighted by Gasteiger charge is 2.32. The Bertz CT molecular complexity index is 299. The molecule has 1 amide bonds. The van der Waals surface area contributed by atoms with Gasteiger partial charge >= 0.3 is 5.97 Å². The Morgan fingerprint density at radius 3 is 2.59 bits per heavy atom. The first-order valence-electron chi connectivity index (χ1n) is 6.27. The van der Waals surface area contributed by atoms with Crippen LogP contribution < -0.4 is 5.32 Å². The van der Waals surface area contributed by atoms with Crippen molar-refractivity contribution in [3.05, 3.63) is 0 Å². The van der Waals surface area contributed by atoms with Crippen LogP contribution in [0.15, 0.2) is 0 Å². The maximum atomic E-state index is 11.9. The van der Waals surface area contributed by atoms with Gasteiger partial charge in [-0.3, -0.25) is 9.59 Å². The number of carbonyl (C=O) groups is 2. The maximum absolute atomic E-state index is 11.9. The SMILES string of the molecule is O=C(O)C1CCC(NC(=O)C2CCCOC2)C1. The number of rotatable bonds is 3. The summed E-state index contributed by atoms with van der Waals surface area (Å²) >= 11 is 0. The lowest BCUT2D eigenvalue weighted by Gasteiger charge is -2.23. The van der Waals surface area contributed by atoms with Gasteiger partial charge in [0, 0.05) is 12.6 Å². The van der Waals surface area contributed by atoms with E-state index in [0.717, 1.165) is 25.9 Å². The quantitative estimate of drug-likeness (QED) is 0.765. The van der Waals surface area contributed by atoms with E-state index in [1.54, 1.807) is 0 Å². The summed E-state index contributed by atoms with van der Waals surface area (Å²) in [6.07, 6.45) is 3.81. The number of hydrogen-bond acceptors (Lipinski definition) is 3. The summed E-state index contributed by atoms with van der Waals surface area (Å²) in [5.74, 6) is -1.06. The van der Waals surface area contributed by atoms with E-state index >= 15 is 0 Å². The molecule has 3 atom stereocenters. The van der Waals surface area contributed by atoms with E-state index < -0.39 is 5.97 Å². The Balaban J connectivity index is 1.77. The lowest BCUT2D eigenvalue weighted by atomic mass is 10.0. The van der Waals surface area contributed by atoms with E-state index in [-0.39, 0.29) is 23.8 Å². The molecule has 3 unspecified atom stereocenters. The van der Waals surface area contributed by atoms with Gasteiger partial charge in [0.1, 0.15) is 0 Å². The van der Waals surface area contributed by atoms with E-state index in [9.17, 15) is 9.59 Å². The molecule has 1 saturated heterocycles. The number of carboxylic acids is 1. The zero-order valence-electron chi connectivity index (χ0n) is 9.85. The molecule has 1 aliphatic heterocycles. The molecular weight excluding hydrogens is 222 g/mol. The minimum atomic E-state index is -0.747. The average Bonchev–Trinajstić information content (AvgIpc) is 2.79. The van der Waals surface area contributed by atoms with E-state index in [1.807, 2.05) is 0 Å². The molecule has 0 aromatic rings. The van der Waals surface area contributed by atoms with Gasteiger partial charge < -0.3 is 15.2 Å². The van der Waals surface area contributed by atoms with Gasteiger partial charge in [-0.2, -0.15) is 0 Å².